The molecule has 0 saturated heterocycles. The van der Waals surface area contributed by atoms with Gasteiger partial charge in [0.15, 0.2) is 0 Å². The van der Waals surface area contributed by atoms with Crippen LogP contribution in [0.1, 0.15) is 29.5 Å². The molecule has 0 amide bonds. The first kappa shape index (κ1) is 12.8. The third-order valence-electron chi connectivity index (χ3n) is 2.63. The Morgan fingerprint density at radius 1 is 1.53 bits per heavy atom. The van der Waals surface area contributed by atoms with Gasteiger partial charge in [0.05, 0.1) is 18.4 Å². The summed E-state index contributed by atoms with van der Waals surface area (Å²) in [6.07, 6.45) is 1.76. The Bertz CT molecular complexity index is 655. The van der Waals surface area contributed by atoms with Crippen LogP contribution in [0.3, 0.4) is 0 Å². The number of nitrogens with zero attached hydrogens (tertiary/aromatic N) is 4. The van der Waals surface area contributed by atoms with Gasteiger partial charge in [0.2, 0.25) is 11.6 Å². The molecule has 0 aliphatic rings. The third-order valence-corrected chi connectivity index (χ3v) is 2.63. The summed E-state index contributed by atoms with van der Waals surface area (Å²) in [4.78, 5) is 15.5. The number of ketones is 1. The van der Waals surface area contributed by atoms with Crippen molar-refractivity contribution in [3.63, 3.8) is 0 Å². The number of Topliss-reactive ketones (excluding diaryl/α,β-unsaturated/α-hetero) is 1. The van der Waals surface area contributed by atoms with E-state index in [0.29, 0.717) is 23.4 Å². The largest absolute Gasteiger partial charge is 0.497 e. The standard InChI is InChI=1S/C13H12N4O2/c1-3-12(18)13-15-8-17(16-13)11-6-10(19-2)5-4-9(11)7-14/h4-6,8H,3H2,1-2H3. The molecule has 1 aromatic heterocycles. The van der Waals surface area contributed by atoms with Crippen molar-refractivity contribution >= 4 is 5.78 Å². The van der Waals surface area contributed by atoms with Crippen molar-refractivity contribution in [2.75, 3.05) is 7.11 Å². The predicted molar refractivity (Wildman–Crippen MR) is 67.2 cm³/mol. The normalized spacial score (nSPS) is 9.95. The van der Waals surface area contributed by atoms with Crippen LogP contribution in [0.2, 0.25) is 0 Å². The van der Waals surface area contributed by atoms with E-state index in [2.05, 4.69) is 16.2 Å². The zero-order valence-electron chi connectivity index (χ0n) is 10.6. The Hall–Kier alpha value is -2.68. The quantitative estimate of drug-likeness (QED) is 0.778. The average molecular weight is 256 g/mol. The minimum atomic E-state index is -0.139. The van der Waals surface area contributed by atoms with Crippen LogP contribution in [0.5, 0.6) is 5.75 Å². The summed E-state index contributed by atoms with van der Waals surface area (Å²) in [5.74, 6) is 0.613. The van der Waals surface area contributed by atoms with Gasteiger partial charge in [-0.15, -0.1) is 5.10 Å². The summed E-state index contributed by atoms with van der Waals surface area (Å²) in [5.41, 5.74) is 0.964. The van der Waals surface area contributed by atoms with Crippen molar-refractivity contribution in [1.29, 1.82) is 5.26 Å². The molecule has 96 valence electrons. The molecule has 0 bridgehead atoms. The molecule has 1 heterocycles. The summed E-state index contributed by atoms with van der Waals surface area (Å²) in [6.45, 7) is 1.75. The van der Waals surface area contributed by atoms with Gasteiger partial charge in [-0.3, -0.25) is 4.79 Å². The number of carbonyl (C=O) groups excluding carboxylic acids is 1. The molecule has 0 fully saturated rings. The summed E-state index contributed by atoms with van der Waals surface area (Å²) < 4.78 is 6.52. The molecule has 2 rings (SSSR count). The molecule has 1 aromatic carbocycles. The highest BCUT2D eigenvalue weighted by Crippen LogP contribution is 2.20. The maximum atomic E-state index is 11.5. The van der Waals surface area contributed by atoms with E-state index in [0.717, 1.165) is 0 Å². The molecule has 0 radical (unpaired) electrons. The summed E-state index contributed by atoms with van der Waals surface area (Å²) in [5, 5.41) is 13.2. The van der Waals surface area contributed by atoms with Crippen LogP contribution < -0.4 is 4.74 Å². The first-order valence-corrected chi connectivity index (χ1v) is 5.73. The molecule has 0 spiro atoms. The van der Waals surface area contributed by atoms with Gasteiger partial charge in [-0.05, 0) is 12.1 Å². The van der Waals surface area contributed by atoms with Crippen molar-refractivity contribution in [3.8, 4) is 17.5 Å². The second-order valence-electron chi connectivity index (χ2n) is 3.78. The van der Waals surface area contributed by atoms with Gasteiger partial charge >= 0.3 is 0 Å². The zero-order chi connectivity index (χ0) is 13.8. The molecule has 0 unspecified atom stereocenters. The molecule has 6 heteroatoms. The van der Waals surface area contributed by atoms with Gasteiger partial charge < -0.3 is 4.74 Å². The lowest BCUT2D eigenvalue weighted by molar-refractivity contribution is 0.0978. The molecule has 0 aliphatic carbocycles. The number of carbonyl (C=O) groups is 1. The molecule has 6 nitrogen and oxygen atoms in total. The number of benzene rings is 1. The fraction of sp³-hybridized carbons (Fsp3) is 0.231. The maximum absolute atomic E-state index is 11.5. The zero-order valence-corrected chi connectivity index (χ0v) is 10.6. The van der Waals surface area contributed by atoms with Gasteiger partial charge in [0.1, 0.15) is 18.1 Å². The van der Waals surface area contributed by atoms with E-state index in [1.54, 1.807) is 32.2 Å². The Kier molecular flexibility index (Phi) is 3.57. The van der Waals surface area contributed by atoms with E-state index in [-0.39, 0.29) is 11.6 Å². The van der Waals surface area contributed by atoms with Gasteiger partial charge in [0.25, 0.3) is 0 Å². The highest BCUT2D eigenvalue weighted by atomic mass is 16.5. The summed E-state index contributed by atoms with van der Waals surface area (Å²) in [6, 6.07) is 7.07. The Balaban J connectivity index is 2.49. The fourth-order valence-corrected chi connectivity index (χ4v) is 1.59. The monoisotopic (exact) mass is 256 g/mol. The van der Waals surface area contributed by atoms with Gasteiger partial charge in [-0.2, -0.15) is 5.26 Å². The molecular weight excluding hydrogens is 244 g/mol. The average Bonchev–Trinajstić information content (AvgIpc) is 2.95. The van der Waals surface area contributed by atoms with Crippen LogP contribution in [-0.4, -0.2) is 27.7 Å². The van der Waals surface area contributed by atoms with Crippen LogP contribution in [-0.2, 0) is 0 Å². The molecule has 0 saturated carbocycles. The topological polar surface area (TPSA) is 80.8 Å². The van der Waals surface area contributed by atoms with E-state index in [1.165, 1.54) is 11.0 Å². The van der Waals surface area contributed by atoms with Crippen LogP contribution in [0.15, 0.2) is 24.5 Å². The molecule has 0 N–H and O–H groups in total. The van der Waals surface area contributed by atoms with E-state index >= 15 is 0 Å². The SMILES string of the molecule is CCC(=O)c1ncn(-c2cc(OC)ccc2C#N)n1. The lowest BCUT2D eigenvalue weighted by Crippen LogP contribution is -2.03. The molecule has 0 atom stereocenters. The maximum Gasteiger partial charge on any atom is 0.217 e. The lowest BCUT2D eigenvalue weighted by Gasteiger charge is -2.05. The molecule has 2 aromatic rings. The smallest absolute Gasteiger partial charge is 0.217 e. The minimum absolute atomic E-state index is 0.139. The number of aromatic nitrogens is 3. The summed E-state index contributed by atoms with van der Waals surface area (Å²) >= 11 is 0. The first-order chi connectivity index (χ1) is 9.19. The molecular formula is C13H12N4O2. The second-order valence-corrected chi connectivity index (χ2v) is 3.78. The molecule has 0 aliphatic heterocycles. The predicted octanol–water partition coefficient (Wildman–Crippen LogP) is 1.74. The fourth-order valence-electron chi connectivity index (χ4n) is 1.59. The third kappa shape index (κ3) is 2.45. The second kappa shape index (κ2) is 5.31. The lowest BCUT2D eigenvalue weighted by atomic mass is 10.2. The Morgan fingerprint density at radius 2 is 2.32 bits per heavy atom. The van der Waals surface area contributed by atoms with Crippen molar-refractivity contribution in [3.05, 3.63) is 35.9 Å². The minimum Gasteiger partial charge on any atom is -0.497 e. The number of hydrogen-bond donors (Lipinski definition) is 0. The van der Waals surface area contributed by atoms with Crippen LogP contribution >= 0.6 is 0 Å². The van der Waals surface area contributed by atoms with Crippen molar-refractivity contribution in [2.24, 2.45) is 0 Å². The van der Waals surface area contributed by atoms with Crippen molar-refractivity contribution in [2.45, 2.75) is 13.3 Å². The summed E-state index contributed by atoms with van der Waals surface area (Å²) in [7, 11) is 1.54. The van der Waals surface area contributed by atoms with E-state index in [4.69, 9.17) is 10.00 Å². The van der Waals surface area contributed by atoms with Crippen LogP contribution in [0, 0.1) is 11.3 Å². The first-order valence-electron chi connectivity index (χ1n) is 5.73. The van der Waals surface area contributed by atoms with Gasteiger partial charge in [-0.25, -0.2) is 9.67 Å². The Labute approximate surface area is 110 Å². The van der Waals surface area contributed by atoms with Crippen molar-refractivity contribution in [1.82, 2.24) is 14.8 Å². The van der Waals surface area contributed by atoms with E-state index in [1.807, 2.05) is 0 Å². The van der Waals surface area contributed by atoms with Crippen LogP contribution in [0.25, 0.3) is 5.69 Å². The highest BCUT2D eigenvalue weighted by molar-refractivity contribution is 5.92. The molecule has 19 heavy (non-hydrogen) atoms. The van der Waals surface area contributed by atoms with Gasteiger partial charge in [0, 0.05) is 12.5 Å². The Morgan fingerprint density at radius 3 is 2.95 bits per heavy atom. The highest BCUT2D eigenvalue weighted by Gasteiger charge is 2.12. The van der Waals surface area contributed by atoms with Gasteiger partial charge in [-0.1, -0.05) is 6.92 Å². The van der Waals surface area contributed by atoms with Crippen LogP contribution in [0.4, 0.5) is 0 Å². The van der Waals surface area contributed by atoms with E-state index in [9.17, 15) is 4.79 Å². The number of nitriles is 1. The number of rotatable bonds is 4. The number of hydrogen-bond acceptors (Lipinski definition) is 5. The van der Waals surface area contributed by atoms with E-state index < -0.39 is 0 Å². The number of methoxy groups -OCH3 is 1. The van der Waals surface area contributed by atoms with Crippen molar-refractivity contribution < 1.29 is 9.53 Å². The number of ether oxygens (including phenoxy) is 1.